The van der Waals surface area contributed by atoms with Gasteiger partial charge in [-0.1, -0.05) is 12.1 Å². The van der Waals surface area contributed by atoms with Crippen LogP contribution in [0.4, 0.5) is 10.1 Å². The van der Waals surface area contributed by atoms with Gasteiger partial charge in [0, 0.05) is 18.4 Å². The van der Waals surface area contributed by atoms with Crippen molar-refractivity contribution >= 4 is 11.6 Å². The quantitative estimate of drug-likeness (QED) is 0.601. The van der Waals surface area contributed by atoms with Crippen LogP contribution in [-0.2, 0) is 11.2 Å². The summed E-state index contributed by atoms with van der Waals surface area (Å²) >= 11 is 0. The molecular weight excluding hydrogens is 321 g/mol. The maximum Gasteiger partial charge on any atom is 0.263 e. The molecule has 0 aliphatic carbocycles. The van der Waals surface area contributed by atoms with E-state index in [4.69, 9.17) is 10.00 Å². The van der Waals surface area contributed by atoms with Crippen LogP contribution in [0.5, 0.6) is 5.75 Å². The molecule has 2 rings (SSSR count). The molecule has 25 heavy (non-hydrogen) atoms. The van der Waals surface area contributed by atoms with Crippen molar-refractivity contribution in [3.05, 3.63) is 71.7 Å². The Morgan fingerprint density at radius 1 is 1.20 bits per heavy atom. The van der Waals surface area contributed by atoms with E-state index in [0.29, 0.717) is 18.7 Å². The summed E-state index contributed by atoms with van der Waals surface area (Å²) in [5.41, 5.74) is 1.58. The fourth-order valence-corrected chi connectivity index (χ4v) is 2.06. The van der Waals surface area contributed by atoms with Crippen molar-refractivity contribution < 1.29 is 13.9 Å². The third kappa shape index (κ3) is 5.66. The highest BCUT2D eigenvalue weighted by atomic mass is 19.1. The zero-order chi connectivity index (χ0) is 18.1. The molecule has 0 unspecified atom stereocenters. The van der Waals surface area contributed by atoms with Crippen molar-refractivity contribution in [1.29, 1.82) is 5.26 Å². The average molecular weight is 339 g/mol. The van der Waals surface area contributed by atoms with Crippen LogP contribution in [0.1, 0.15) is 5.56 Å². The number of methoxy groups -OCH3 is 1. The molecule has 0 bridgehead atoms. The fraction of sp³-hybridized carbons (Fsp3) is 0.158. The molecule has 2 aromatic carbocycles. The maximum atomic E-state index is 12.8. The zero-order valence-corrected chi connectivity index (χ0v) is 13.8. The van der Waals surface area contributed by atoms with Crippen LogP contribution < -0.4 is 15.4 Å². The average Bonchev–Trinajstić information content (AvgIpc) is 2.64. The van der Waals surface area contributed by atoms with Crippen LogP contribution in [0.3, 0.4) is 0 Å². The van der Waals surface area contributed by atoms with Crippen molar-refractivity contribution in [2.45, 2.75) is 6.42 Å². The smallest absolute Gasteiger partial charge is 0.263 e. The van der Waals surface area contributed by atoms with Gasteiger partial charge in [-0.05, 0) is 48.4 Å². The summed E-state index contributed by atoms with van der Waals surface area (Å²) in [7, 11) is 1.60. The number of carbonyl (C=O) groups is 1. The van der Waals surface area contributed by atoms with Crippen molar-refractivity contribution in [1.82, 2.24) is 5.32 Å². The molecular formula is C19H18FN3O2. The van der Waals surface area contributed by atoms with E-state index in [1.54, 1.807) is 7.11 Å². The summed E-state index contributed by atoms with van der Waals surface area (Å²) in [6, 6.07) is 15.0. The molecule has 0 atom stereocenters. The summed E-state index contributed by atoms with van der Waals surface area (Å²) in [6.45, 7) is 0.404. The number of hydrogen-bond acceptors (Lipinski definition) is 4. The predicted molar refractivity (Wildman–Crippen MR) is 93.4 cm³/mol. The number of hydrogen-bond donors (Lipinski definition) is 2. The minimum absolute atomic E-state index is 0.0564. The molecule has 0 spiro atoms. The van der Waals surface area contributed by atoms with Crippen LogP contribution in [-0.4, -0.2) is 19.6 Å². The summed E-state index contributed by atoms with van der Waals surface area (Å²) in [5.74, 6) is -0.0497. The third-order valence-corrected chi connectivity index (χ3v) is 3.45. The molecule has 0 heterocycles. The highest BCUT2D eigenvalue weighted by Gasteiger charge is 2.08. The number of benzene rings is 2. The van der Waals surface area contributed by atoms with Gasteiger partial charge >= 0.3 is 0 Å². The number of rotatable bonds is 7. The molecule has 128 valence electrons. The first kappa shape index (κ1) is 18.0. The maximum absolute atomic E-state index is 12.8. The summed E-state index contributed by atoms with van der Waals surface area (Å²) < 4.78 is 17.9. The second-order valence-electron chi connectivity index (χ2n) is 5.18. The number of nitriles is 1. The van der Waals surface area contributed by atoms with Crippen LogP contribution in [0.2, 0.25) is 0 Å². The summed E-state index contributed by atoms with van der Waals surface area (Å²) in [6.07, 6.45) is 1.94. The second kappa shape index (κ2) is 9.08. The van der Waals surface area contributed by atoms with Crippen molar-refractivity contribution in [2.75, 3.05) is 19.0 Å². The van der Waals surface area contributed by atoms with Crippen molar-refractivity contribution in [3.63, 3.8) is 0 Å². The van der Waals surface area contributed by atoms with Crippen LogP contribution in [0.15, 0.2) is 60.3 Å². The van der Waals surface area contributed by atoms with Crippen LogP contribution in [0.25, 0.3) is 0 Å². The first-order chi connectivity index (χ1) is 12.1. The number of amides is 1. The first-order valence-corrected chi connectivity index (χ1v) is 7.66. The molecule has 0 fully saturated rings. The Kier molecular flexibility index (Phi) is 6.55. The van der Waals surface area contributed by atoms with E-state index >= 15 is 0 Å². The Labute approximate surface area is 145 Å². The Morgan fingerprint density at radius 2 is 1.88 bits per heavy atom. The number of halogens is 1. The third-order valence-electron chi connectivity index (χ3n) is 3.45. The van der Waals surface area contributed by atoms with Gasteiger partial charge in [-0.3, -0.25) is 4.79 Å². The molecule has 0 aliphatic rings. The SMILES string of the molecule is COc1ccc(CCNC(=O)/C(C#N)=C\Nc2ccc(F)cc2)cc1. The topological polar surface area (TPSA) is 74.1 Å². The standard InChI is InChI=1S/C19H18FN3O2/c1-25-18-8-2-14(3-9-18)10-11-22-19(24)15(12-21)13-23-17-6-4-16(20)5-7-17/h2-9,13,23H,10-11H2,1H3,(H,22,24)/b15-13-. The minimum Gasteiger partial charge on any atom is -0.497 e. The van der Waals surface area contributed by atoms with Gasteiger partial charge in [0.15, 0.2) is 0 Å². The highest BCUT2D eigenvalue weighted by molar-refractivity contribution is 5.97. The monoisotopic (exact) mass is 339 g/mol. The van der Waals surface area contributed by atoms with Gasteiger partial charge in [-0.25, -0.2) is 4.39 Å². The summed E-state index contributed by atoms with van der Waals surface area (Å²) in [4.78, 5) is 12.0. The van der Waals surface area contributed by atoms with Gasteiger partial charge in [-0.15, -0.1) is 0 Å². The van der Waals surface area contributed by atoms with Gasteiger partial charge in [-0.2, -0.15) is 5.26 Å². The molecule has 0 aromatic heterocycles. The highest BCUT2D eigenvalue weighted by Crippen LogP contribution is 2.11. The Morgan fingerprint density at radius 3 is 2.48 bits per heavy atom. The summed E-state index contributed by atoms with van der Waals surface area (Å²) in [5, 5.41) is 14.6. The lowest BCUT2D eigenvalue weighted by Gasteiger charge is -2.06. The van der Waals surface area contributed by atoms with E-state index < -0.39 is 5.91 Å². The lowest BCUT2D eigenvalue weighted by Crippen LogP contribution is -2.27. The van der Waals surface area contributed by atoms with Crippen LogP contribution >= 0.6 is 0 Å². The Balaban J connectivity index is 1.85. The minimum atomic E-state index is -0.467. The zero-order valence-electron chi connectivity index (χ0n) is 13.8. The van der Waals surface area contributed by atoms with Gasteiger partial charge in [0.2, 0.25) is 0 Å². The Hall–Kier alpha value is -3.33. The van der Waals surface area contributed by atoms with E-state index in [2.05, 4.69) is 10.6 Å². The molecule has 0 radical (unpaired) electrons. The largest absolute Gasteiger partial charge is 0.497 e. The van der Waals surface area contributed by atoms with Crippen molar-refractivity contribution in [2.24, 2.45) is 0 Å². The van der Waals surface area contributed by atoms with Gasteiger partial charge in [0.1, 0.15) is 23.2 Å². The molecule has 0 aliphatic heterocycles. The van der Waals surface area contributed by atoms with Gasteiger partial charge in [0.05, 0.1) is 7.11 Å². The molecule has 2 N–H and O–H groups in total. The number of carbonyl (C=O) groups excluding carboxylic acids is 1. The molecule has 6 heteroatoms. The van der Waals surface area contributed by atoms with E-state index in [-0.39, 0.29) is 11.4 Å². The normalized spacial score (nSPS) is 10.7. The lowest BCUT2D eigenvalue weighted by molar-refractivity contribution is -0.117. The van der Waals surface area contributed by atoms with Gasteiger partial charge in [0.25, 0.3) is 5.91 Å². The number of ether oxygens (including phenoxy) is 1. The lowest BCUT2D eigenvalue weighted by atomic mass is 10.1. The van der Waals surface area contributed by atoms with E-state index in [0.717, 1.165) is 11.3 Å². The number of nitrogens with one attached hydrogen (secondary N) is 2. The molecule has 2 aromatic rings. The number of nitrogens with zero attached hydrogens (tertiary/aromatic N) is 1. The van der Waals surface area contributed by atoms with E-state index in [1.807, 2.05) is 30.3 Å². The fourth-order valence-electron chi connectivity index (χ4n) is 2.06. The first-order valence-electron chi connectivity index (χ1n) is 7.66. The van der Waals surface area contributed by atoms with E-state index in [1.165, 1.54) is 30.5 Å². The van der Waals surface area contributed by atoms with Crippen molar-refractivity contribution in [3.8, 4) is 11.8 Å². The molecule has 5 nitrogen and oxygen atoms in total. The van der Waals surface area contributed by atoms with Gasteiger partial charge < -0.3 is 15.4 Å². The Bertz CT molecular complexity index is 778. The van der Waals surface area contributed by atoms with Crippen LogP contribution in [0, 0.1) is 17.1 Å². The molecule has 0 saturated carbocycles. The number of anilines is 1. The predicted octanol–water partition coefficient (Wildman–Crippen LogP) is 3.01. The molecule has 1 amide bonds. The molecule has 0 saturated heterocycles. The van der Waals surface area contributed by atoms with E-state index in [9.17, 15) is 9.18 Å². The second-order valence-corrected chi connectivity index (χ2v) is 5.18.